The van der Waals surface area contributed by atoms with Gasteiger partial charge in [0.1, 0.15) is 0 Å². The Balaban J connectivity index is 1.54. The van der Waals surface area contributed by atoms with Gasteiger partial charge in [-0.1, -0.05) is 24.3 Å². The van der Waals surface area contributed by atoms with Crippen molar-refractivity contribution in [3.8, 4) is 11.5 Å². The van der Waals surface area contributed by atoms with Crippen molar-refractivity contribution in [3.05, 3.63) is 76.5 Å². The molecule has 3 aromatic rings. The van der Waals surface area contributed by atoms with Crippen LogP contribution in [0.1, 0.15) is 22.9 Å². The quantitative estimate of drug-likeness (QED) is 0.680. The van der Waals surface area contributed by atoms with Crippen LogP contribution in [0.5, 0.6) is 11.5 Å². The first-order valence-corrected chi connectivity index (χ1v) is 9.12. The molecule has 3 heterocycles. The number of thiophene rings is 1. The fraction of sp³-hybridized carbons (Fsp3) is 0.150. The van der Waals surface area contributed by atoms with Crippen molar-refractivity contribution >= 4 is 22.7 Å². The van der Waals surface area contributed by atoms with Crippen LogP contribution >= 0.6 is 11.3 Å². The summed E-state index contributed by atoms with van der Waals surface area (Å²) in [6, 6.07) is 20.9. The predicted molar refractivity (Wildman–Crippen MR) is 99.7 cm³/mol. The van der Waals surface area contributed by atoms with Crippen molar-refractivity contribution in [3.63, 3.8) is 0 Å². The van der Waals surface area contributed by atoms with Crippen molar-refractivity contribution in [2.75, 3.05) is 11.8 Å². The van der Waals surface area contributed by atoms with E-state index in [1.807, 2.05) is 18.2 Å². The number of hydrogen-bond acceptors (Lipinski definition) is 5. The van der Waals surface area contributed by atoms with Gasteiger partial charge in [-0.3, -0.25) is 5.01 Å². The van der Waals surface area contributed by atoms with Crippen LogP contribution in [0.15, 0.2) is 71.1 Å². The molecular formula is C20H16N2O2S. The molecule has 0 radical (unpaired) electrons. The van der Waals surface area contributed by atoms with E-state index in [0.717, 1.165) is 34.9 Å². The third kappa shape index (κ3) is 2.57. The van der Waals surface area contributed by atoms with Crippen LogP contribution in [0.4, 0.5) is 5.69 Å². The van der Waals surface area contributed by atoms with Crippen molar-refractivity contribution in [1.29, 1.82) is 0 Å². The molecule has 2 aliphatic heterocycles. The highest BCUT2D eigenvalue weighted by Crippen LogP contribution is 2.40. The van der Waals surface area contributed by atoms with Gasteiger partial charge in [-0.25, -0.2) is 0 Å². The molecule has 124 valence electrons. The predicted octanol–water partition coefficient (Wildman–Crippen LogP) is 4.83. The Kier molecular flexibility index (Phi) is 3.45. The summed E-state index contributed by atoms with van der Waals surface area (Å²) in [4.78, 5) is 1.32. The molecule has 0 N–H and O–H groups in total. The second-order valence-corrected chi connectivity index (χ2v) is 7.01. The van der Waals surface area contributed by atoms with E-state index in [-0.39, 0.29) is 6.04 Å². The molecule has 1 aromatic heterocycles. The molecular weight excluding hydrogens is 332 g/mol. The number of anilines is 1. The zero-order valence-electron chi connectivity index (χ0n) is 13.5. The number of nitrogens with zero attached hydrogens (tertiary/aromatic N) is 2. The smallest absolute Gasteiger partial charge is 0.231 e. The molecule has 4 nitrogen and oxygen atoms in total. The van der Waals surface area contributed by atoms with E-state index >= 15 is 0 Å². The zero-order valence-corrected chi connectivity index (χ0v) is 14.3. The van der Waals surface area contributed by atoms with Gasteiger partial charge in [-0.2, -0.15) is 5.10 Å². The Bertz CT molecular complexity index is 922. The highest BCUT2D eigenvalue weighted by atomic mass is 32.1. The van der Waals surface area contributed by atoms with Crippen LogP contribution in [-0.4, -0.2) is 12.5 Å². The first kappa shape index (κ1) is 14.5. The average Bonchev–Trinajstić information content (AvgIpc) is 3.40. The number of benzene rings is 2. The Hall–Kier alpha value is -2.79. The van der Waals surface area contributed by atoms with Gasteiger partial charge in [0.2, 0.25) is 6.79 Å². The van der Waals surface area contributed by atoms with Gasteiger partial charge in [0, 0.05) is 16.9 Å². The molecule has 0 saturated carbocycles. The Morgan fingerprint density at radius 1 is 0.960 bits per heavy atom. The summed E-state index contributed by atoms with van der Waals surface area (Å²) in [6.45, 7) is 0.291. The third-order valence-corrected chi connectivity index (χ3v) is 5.48. The average molecular weight is 348 g/mol. The van der Waals surface area contributed by atoms with Crippen molar-refractivity contribution in [1.82, 2.24) is 0 Å². The van der Waals surface area contributed by atoms with Crippen LogP contribution in [0.25, 0.3) is 0 Å². The lowest BCUT2D eigenvalue weighted by Gasteiger charge is -2.22. The summed E-state index contributed by atoms with van der Waals surface area (Å²) < 4.78 is 10.9. The highest BCUT2D eigenvalue weighted by molar-refractivity contribution is 7.10. The fourth-order valence-corrected chi connectivity index (χ4v) is 4.09. The molecule has 2 aliphatic rings. The molecule has 0 bridgehead atoms. The number of fused-ring (bicyclic) bond motifs is 1. The SMILES string of the molecule is c1ccc(N2N=C(c3ccc4c(c3)OCO4)C[C@@H]2c2cccs2)cc1. The summed E-state index contributed by atoms with van der Waals surface area (Å²) in [6.07, 6.45) is 0.870. The first-order valence-electron chi connectivity index (χ1n) is 8.24. The van der Waals surface area contributed by atoms with Gasteiger partial charge in [0.05, 0.1) is 17.4 Å². The van der Waals surface area contributed by atoms with Gasteiger partial charge < -0.3 is 9.47 Å². The summed E-state index contributed by atoms with van der Waals surface area (Å²) in [5.74, 6) is 1.60. The molecule has 0 unspecified atom stereocenters. The van der Waals surface area contributed by atoms with Crippen LogP contribution in [-0.2, 0) is 0 Å². The number of rotatable bonds is 3. The van der Waals surface area contributed by atoms with E-state index in [1.54, 1.807) is 11.3 Å². The summed E-state index contributed by atoms with van der Waals surface area (Å²) in [5, 5.41) is 9.20. The molecule has 5 rings (SSSR count). The van der Waals surface area contributed by atoms with Crippen LogP contribution in [0.2, 0.25) is 0 Å². The first-order chi connectivity index (χ1) is 12.4. The molecule has 0 amide bonds. The number of para-hydroxylation sites is 1. The minimum absolute atomic E-state index is 0.225. The summed E-state index contributed by atoms with van der Waals surface area (Å²) in [7, 11) is 0. The Morgan fingerprint density at radius 2 is 1.84 bits per heavy atom. The molecule has 0 fully saturated rings. The standard InChI is InChI=1S/C20H16N2O2S/c1-2-5-15(6-3-1)22-17(20-7-4-10-25-20)12-16(21-22)14-8-9-18-19(11-14)24-13-23-18/h1-11,17H,12-13H2/t17-/m1/s1. The molecule has 0 aliphatic carbocycles. The number of hydrazone groups is 1. The molecule has 0 saturated heterocycles. The number of hydrogen-bond donors (Lipinski definition) is 0. The van der Waals surface area contributed by atoms with Gasteiger partial charge in [0.15, 0.2) is 11.5 Å². The summed E-state index contributed by atoms with van der Waals surface area (Å²) in [5.41, 5.74) is 3.27. The topological polar surface area (TPSA) is 34.1 Å². The van der Waals surface area contributed by atoms with Crippen molar-refractivity contribution in [2.45, 2.75) is 12.5 Å². The van der Waals surface area contributed by atoms with E-state index in [1.165, 1.54) is 4.88 Å². The van der Waals surface area contributed by atoms with E-state index < -0.39 is 0 Å². The maximum absolute atomic E-state index is 5.52. The molecule has 0 spiro atoms. The Labute approximate surface area is 149 Å². The zero-order chi connectivity index (χ0) is 16.6. The lowest BCUT2D eigenvalue weighted by Crippen LogP contribution is -2.17. The largest absolute Gasteiger partial charge is 0.454 e. The van der Waals surface area contributed by atoms with E-state index in [2.05, 4.69) is 52.9 Å². The lowest BCUT2D eigenvalue weighted by molar-refractivity contribution is 0.174. The van der Waals surface area contributed by atoms with Gasteiger partial charge in [0.25, 0.3) is 0 Å². The van der Waals surface area contributed by atoms with Crippen molar-refractivity contribution < 1.29 is 9.47 Å². The maximum atomic E-state index is 5.52. The van der Waals surface area contributed by atoms with E-state index in [9.17, 15) is 0 Å². The maximum Gasteiger partial charge on any atom is 0.231 e. The molecule has 2 aromatic carbocycles. The minimum atomic E-state index is 0.225. The van der Waals surface area contributed by atoms with E-state index in [0.29, 0.717) is 6.79 Å². The molecule has 1 atom stereocenters. The highest BCUT2D eigenvalue weighted by Gasteiger charge is 2.31. The van der Waals surface area contributed by atoms with E-state index in [4.69, 9.17) is 14.6 Å². The number of ether oxygens (including phenoxy) is 2. The normalized spacial score (nSPS) is 18.5. The Morgan fingerprint density at radius 3 is 2.68 bits per heavy atom. The summed E-state index contributed by atoms with van der Waals surface area (Å²) >= 11 is 1.78. The molecule has 5 heteroatoms. The van der Waals surface area contributed by atoms with Crippen molar-refractivity contribution in [2.24, 2.45) is 5.10 Å². The van der Waals surface area contributed by atoms with Gasteiger partial charge >= 0.3 is 0 Å². The van der Waals surface area contributed by atoms with Crippen LogP contribution in [0, 0.1) is 0 Å². The fourth-order valence-electron chi connectivity index (χ4n) is 3.28. The monoisotopic (exact) mass is 348 g/mol. The van der Waals surface area contributed by atoms with Gasteiger partial charge in [-0.05, 0) is 41.8 Å². The second kappa shape index (κ2) is 5.93. The third-order valence-electron chi connectivity index (χ3n) is 4.51. The second-order valence-electron chi connectivity index (χ2n) is 6.03. The lowest BCUT2D eigenvalue weighted by atomic mass is 10.0. The van der Waals surface area contributed by atoms with Gasteiger partial charge in [-0.15, -0.1) is 11.3 Å². The minimum Gasteiger partial charge on any atom is -0.454 e. The van der Waals surface area contributed by atoms with Crippen LogP contribution in [0.3, 0.4) is 0 Å². The molecule has 25 heavy (non-hydrogen) atoms. The van der Waals surface area contributed by atoms with Crippen LogP contribution < -0.4 is 14.5 Å².